The molecule has 2 fully saturated rings. The van der Waals surface area contributed by atoms with E-state index in [1.54, 1.807) is 49.5 Å². The van der Waals surface area contributed by atoms with Gasteiger partial charge in [-0.05, 0) is 86.3 Å². The van der Waals surface area contributed by atoms with Crippen molar-refractivity contribution < 1.29 is 43.2 Å². The van der Waals surface area contributed by atoms with Gasteiger partial charge in [-0.2, -0.15) is 0 Å². The lowest BCUT2D eigenvalue weighted by molar-refractivity contribution is -0.164. The quantitative estimate of drug-likeness (QED) is 0.122. The average molecular weight is 700 g/mol. The van der Waals surface area contributed by atoms with Crippen molar-refractivity contribution in [1.29, 1.82) is 0 Å². The number of ketones is 1. The van der Waals surface area contributed by atoms with Crippen LogP contribution in [0.5, 0.6) is 17.2 Å². The summed E-state index contributed by atoms with van der Waals surface area (Å²) in [6.45, 7) is -0.0796. The number of hydrogen-bond donors (Lipinski definition) is 1. The fraction of sp³-hybridized carbons (Fsp3) is 0.463. The van der Waals surface area contributed by atoms with E-state index in [0.717, 1.165) is 50.5 Å². The van der Waals surface area contributed by atoms with Gasteiger partial charge in [-0.25, -0.2) is 9.59 Å². The molecule has 5 rings (SSSR count). The highest BCUT2D eigenvalue weighted by Crippen LogP contribution is 2.36. The molecule has 10 heteroatoms. The maximum atomic E-state index is 14.5. The maximum Gasteiger partial charge on any atom is 0.341 e. The largest absolute Gasteiger partial charge is 0.493 e. The van der Waals surface area contributed by atoms with Crippen molar-refractivity contribution in [1.82, 2.24) is 4.90 Å². The van der Waals surface area contributed by atoms with E-state index in [-0.39, 0.29) is 24.0 Å². The molecule has 0 spiro atoms. The third-order valence-electron chi connectivity index (χ3n) is 10.1. The highest BCUT2D eigenvalue weighted by molar-refractivity contribution is 5.99. The van der Waals surface area contributed by atoms with Gasteiger partial charge in [0.1, 0.15) is 17.9 Å². The fourth-order valence-corrected chi connectivity index (χ4v) is 7.38. The first kappa shape index (κ1) is 37.4. The minimum absolute atomic E-state index is 0.0594. The van der Waals surface area contributed by atoms with E-state index in [4.69, 9.17) is 24.1 Å². The molecule has 3 aromatic rings. The molecule has 2 aliphatic rings. The third-order valence-corrected chi connectivity index (χ3v) is 10.1. The van der Waals surface area contributed by atoms with Gasteiger partial charge in [0.15, 0.2) is 23.9 Å². The second-order valence-corrected chi connectivity index (χ2v) is 13.4. The van der Waals surface area contributed by atoms with E-state index in [9.17, 15) is 19.2 Å². The van der Waals surface area contributed by atoms with Crippen LogP contribution in [0.1, 0.15) is 91.8 Å². The molecule has 1 aliphatic heterocycles. The molecule has 51 heavy (non-hydrogen) atoms. The summed E-state index contributed by atoms with van der Waals surface area (Å²) in [5.74, 6) is -0.682. The summed E-state index contributed by atoms with van der Waals surface area (Å²) < 4.78 is 22.6. The number of methoxy groups -OCH3 is 2. The molecule has 2 unspecified atom stereocenters. The Morgan fingerprint density at radius 1 is 0.824 bits per heavy atom. The lowest BCUT2D eigenvalue weighted by Gasteiger charge is -2.39. The zero-order chi connectivity index (χ0) is 36.2. The number of carbonyl (C=O) groups excluding carboxylic acids is 3. The first-order chi connectivity index (χ1) is 24.8. The summed E-state index contributed by atoms with van der Waals surface area (Å²) in [6.07, 6.45) is 7.29. The summed E-state index contributed by atoms with van der Waals surface area (Å²) in [6, 6.07) is 20.9. The van der Waals surface area contributed by atoms with Crippen LogP contribution in [-0.2, 0) is 25.5 Å². The number of hydrogen-bond acceptors (Lipinski definition) is 8. The number of piperidine rings is 1. The van der Waals surface area contributed by atoms with Gasteiger partial charge in [0.2, 0.25) is 5.91 Å². The van der Waals surface area contributed by atoms with Crippen LogP contribution in [0.4, 0.5) is 0 Å². The summed E-state index contributed by atoms with van der Waals surface area (Å²) in [7, 11) is 3.15. The molecule has 1 saturated heterocycles. The zero-order valence-corrected chi connectivity index (χ0v) is 29.6. The van der Waals surface area contributed by atoms with Gasteiger partial charge in [0.05, 0.1) is 14.2 Å². The molecule has 1 amide bonds. The number of nitrogens with zero attached hydrogens (tertiary/aromatic N) is 1. The number of amides is 1. The number of carbonyl (C=O) groups is 4. The SMILES string of the molecule is COc1ccc(CCC(OC(=O)[C@@H]2CCCCN2C(=O)C(CC(=O)c2ccccc2)C2CCCCC2)c2cccc(OCC(=O)O)c2)cc1OC. The number of benzene rings is 3. The van der Waals surface area contributed by atoms with Crippen LogP contribution in [0.2, 0.25) is 0 Å². The molecule has 0 aromatic heterocycles. The Labute approximate surface area is 300 Å². The Balaban J connectivity index is 1.38. The second kappa shape index (κ2) is 18.4. The Kier molecular flexibility index (Phi) is 13.5. The second-order valence-electron chi connectivity index (χ2n) is 13.4. The minimum atomic E-state index is -1.10. The number of likely N-dealkylation sites (tertiary alicyclic amines) is 1. The molecule has 1 aliphatic carbocycles. The van der Waals surface area contributed by atoms with Crippen molar-refractivity contribution in [2.45, 2.75) is 82.8 Å². The summed E-state index contributed by atoms with van der Waals surface area (Å²) in [5.41, 5.74) is 2.18. The third kappa shape index (κ3) is 10.1. The Morgan fingerprint density at radius 3 is 2.29 bits per heavy atom. The van der Waals surface area contributed by atoms with Crippen LogP contribution in [0.3, 0.4) is 0 Å². The monoisotopic (exact) mass is 699 g/mol. The van der Waals surface area contributed by atoms with E-state index in [1.807, 2.05) is 42.5 Å². The summed E-state index contributed by atoms with van der Waals surface area (Å²) in [4.78, 5) is 55.0. The van der Waals surface area contributed by atoms with Crippen LogP contribution in [0, 0.1) is 11.8 Å². The average Bonchev–Trinajstić information content (AvgIpc) is 3.17. The van der Waals surface area contributed by atoms with Gasteiger partial charge in [-0.15, -0.1) is 0 Å². The number of esters is 1. The summed E-state index contributed by atoms with van der Waals surface area (Å²) >= 11 is 0. The summed E-state index contributed by atoms with van der Waals surface area (Å²) in [5, 5.41) is 9.14. The number of carboxylic acid groups (broad SMARTS) is 1. The van der Waals surface area contributed by atoms with Gasteiger partial charge < -0.3 is 29.0 Å². The van der Waals surface area contributed by atoms with Crippen molar-refractivity contribution in [2.24, 2.45) is 11.8 Å². The molecule has 3 atom stereocenters. The van der Waals surface area contributed by atoms with E-state index >= 15 is 0 Å². The molecule has 272 valence electrons. The molecule has 10 nitrogen and oxygen atoms in total. The highest BCUT2D eigenvalue weighted by atomic mass is 16.5. The van der Waals surface area contributed by atoms with Crippen molar-refractivity contribution >= 4 is 23.6 Å². The van der Waals surface area contributed by atoms with Crippen molar-refractivity contribution in [3.63, 3.8) is 0 Å². The molecule has 1 N–H and O–H groups in total. The van der Waals surface area contributed by atoms with Gasteiger partial charge in [0, 0.05) is 24.4 Å². The maximum absolute atomic E-state index is 14.5. The molecular weight excluding hydrogens is 650 g/mol. The Bertz CT molecular complexity index is 1640. The lowest BCUT2D eigenvalue weighted by atomic mass is 9.76. The normalized spacial score (nSPS) is 17.5. The molecule has 0 bridgehead atoms. The highest BCUT2D eigenvalue weighted by Gasteiger charge is 2.41. The van der Waals surface area contributed by atoms with Gasteiger partial charge >= 0.3 is 11.9 Å². The Morgan fingerprint density at radius 2 is 1.57 bits per heavy atom. The lowest BCUT2D eigenvalue weighted by Crippen LogP contribution is -2.52. The standard InChI is InChI=1S/C41H49NO9/c1-48-37-22-20-28(24-38(37)49-2)19-21-36(31-16-11-17-32(25-31)50-27-39(44)45)51-41(47)34-18-9-10-23-42(34)40(46)33(29-12-5-3-6-13-29)26-35(43)30-14-7-4-8-15-30/h4,7-8,11,14-17,20,22,24-25,29,33-34,36H,3,5-6,9-10,12-13,18-19,21,23,26-27H2,1-2H3,(H,44,45)/t33?,34-,36?/m0/s1. The van der Waals surface area contributed by atoms with Crippen LogP contribution in [-0.4, -0.2) is 67.0 Å². The number of carboxylic acids is 1. The topological polar surface area (TPSA) is 129 Å². The van der Waals surface area contributed by atoms with Gasteiger partial charge in [-0.1, -0.05) is 67.8 Å². The first-order valence-corrected chi connectivity index (χ1v) is 18.0. The molecular formula is C41H49NO9. The van der Waals surface area contributed by atoms with Crippen LogP contribution >= 0.6 is 0 Å². The first-order valence-electron chi connectivity index (χ1n) is 18.0. The number of rotatable bonds is 16. The van der Waals surface area contributed by atoms with Crippen molar-refractivity contribution in [3.05, 3.63) is 89.5 Å². The number of aliphatic carboxylic acids is 1. The van der Waals surface area contributed by atoms with Crippen molar-refractivity contribution in [3.8, 4) is 17.2 Å². The van der Waals surface area contributed by atoms with Gasteiger partial charge in [-0.3, -0.25) is 9.59 Å². The predicted molar refractivity (Wildman–Crippen MR) is 191 cm³/mol. The molecule has 3 aromatic carbocycles. The fourth-order valence-electron chi connectivity index (χ4n) is 7.38. The van der Waals surface area contributed by atoms with E-state index in [0.29, 0.717) is 54.2 Å². The van der Waals surface area contributed by atoms with Crippen molar-refractivity contribution in [2.75, 3.05) is 27.4 Å². The number of ether oxygens (including phenoxy) is 4. The smallest absolute Gasteiger partial charge is 0.341 e. The molecule has 1 saturated carbocycles. The van der Waals surface area contributed by atoms with E-state index in [2.05, 4.69) is 0 Å². The van der Waals surface area contributed by atoms with Crippen LogP contribution in [0.25, 0.3) is 0 Å². The number of aryl methyl sites for hydroxylation is 1. The van der Waals surface area contributed by atoms with Crippen LogP contribution < -0.4 is 14.2 Å². The molecule has 1 heterocycles. The van der Waals surface area contributed by atoms with E-state index in [1.165, 1.54) is 0 Å². The predicted octanol–water partition coefficient (Wildman–Crippen LogP) is 7.23. The van der Waals surface area contributed by atoms with E-state index < -0.39 is 36.6 Å². The van der Waals surface area contributed by atoms with Crippen LogP contribution in [0.15, 0.2) is 72.8 Å². The zero-order valence-electron chi connectivity index (χ0n) is 29.6. The minimum Gasteiger partial charge on any atom is -0.493 e. The van der Waals surface area contributed by atoms with Gasteiger partial charge in [0.25, 0.3) is 0 Å². The molecule has 0 radical (unpaired) electrons. The number of Topliss-reactive ketones (excluding diaryl/α,β-unsaturated/α-hetero) is 1. The Hall–Kier alpha value is -4.86.